The van der Waals surface area contributed by atoms with E-state index in [1.54, 1.807) is 0 Å². The Morgan fingerprint density at radius 3 is 2.55 bits per heavy atom. The molecule has 0 heterocycles. The minimum Gasteiger partial charge on any atom is -0.317 e. The first-order valence-corrected chi connectivity index (χ1v) is 4.63. The van der Waals surface area contributed by atoms with Crippen molar-refractivity contribution in [3.63, 3.8) is 0 Å². The van der Waals surface area contributed by atoms with Gasteiger partial charge in [-0.05, 0) is 25.8 Å². The average molecular weight is 159 g/mol. The Morgan fingerprint density at radius 2 is 2.00 bits per heavy atom. The zero-order valence-electron chi connectivity index (χ0n) is 7.28. The van der Waals surface area contributed by atoms with Crippen LogP contribution in [0.3, 0.4) is 0 Å². The summed E-state index contributed by atoms with van der Waals surface area (Å²) < 4.78 is 13.2. The summed E-state index contributed by atoms with van der Waals surface area (Å²) in [6, 6.07) is 0. The van der Waals surface area contributed by atoms with Crippen molar-refractivity contribution in [2.75, 3.05) is 13.6 Å². The SMILES string of the molecule is CNCC(F)C1CCCCC1. The van der Waals surface area contributed by atoms with Gasteiger partial charge in [-0.3, -0.25) is 0 Å². The molecule has 0 aromatic rings. The van der Waals surface area contributed by atoms with Gasteiger partial charge in [-0.15, -0.1) is 0 Å². The lowest BCUT2D eigenvalue weighted by Gasteiger charge is -2.24. The third-order valence-corrected chi connectivity index (χ3v) is 2.56. The summed E-state index contributed by atoms with van der Waals surface area (Å²) in [5.41, 5.74) is 0. The molecule has 2 heteroatoms. The summed E-state index contributed by atoms with van der Waals surface area (Å²) in [7, 11) is 1.81. The van der Waals surface area contributed by atoms with Gasteiger partial charge in [-0.1, -0.05) is 19.3 Å². The van der Waals surface area contributed by atoms with Gasteiger partial charge in [0.2, 0.25) is 0 Å². The van der Waals surface area contributed by atoms with Gasteiger partial charge >= 0.3 is 0 Å². The van der Waals surface area contributed by atoms with Crippen molar-refractivity contribution in [2.24, 2.45) is 5.92 Å². The van der Waals surface area contributed by atoms with Crippen LogP contribution in [-0.2, 0) is 0 Å². The van der Waals surface area contributed by atoms with Crippen molar-refractivity contribution in [3.05, 3.63) is 0 Å². The van der Waals surface area contributed by atoms with Gasteiger partial charge in [0.15, 0.2) is 0 Å². The molecule has 11 heavy (non-hydrogen) atoms. The van der Waals surface area contributed by atoms with Crippen LogP contribution >= 0.6 is 0 Å². The van der Waals surface area contributed by atoms with E-state index in [9.17, 15) is 4.39 Å². The van der Waals surface area contributed by atoms with E-state index in [1.165, 1.54) is 19.3 Å². The van der Waals surface area contributed by atoms with E-state index in [-0.39, 0.29) is 0 Å². The van der Waals surface area contributed by atoms with Crippen LogP contribution in [0.25, 0.3) is 0 Å². The fraction of sp³-hybridized carbons (Fsp3) is 1.00. The largest absolute Gasteiger partial charge is 0.317 e. The Labute approximate surface area is 68.4 Å². The van der Waals surface area contributed by atoms with Crippen LogP contribution in [0.1, 0.15) is 32.1 Å². The van der Waals surface area contributed by atoms with Crippen LogP contribution in [0.15, 0.2) is 0 Å². The predicted molar refractivity (Wildman–Crippen MR) is 45.4 cm³/mol. The van der Waals surface area contributed by atoms with Crippen LogP contribution in [0.2, 0.25) is 0 Å². The fourth-order valence-electron chi connectivity index (χ4n) is 1.86. The maximum absolute atomic E-state index is 13.2. The fourth-order valence-corrected chi connectivity index (χ4v) is 1.86. The molecule has 0 aromatic heterocycles. The van der Waals surface area contributed by atoms with Crippen LogP contribution in [0.4, 0.5) is 4.39 Å². The topological polar surface area (TPSA) is 12.0 Å². The predicted octanol–water partition coefficient (Wildman–Crippen LogP) is 2.12. The van der Waals surface area contributed by atoms with E-state index in [4.69, 9.17) is 0 Å². The van der Waals surface area contributed by atoms with Crippen molar-refractivity contribution in [1.29, 1.82) is 0 Å². The molecule has 0 radical (unpaired) electrons. The number of alkyl halides is 1. The molecular weight excluding hydrogens is 141 g/mol. The van der Waals surface area contributed by atoms with E-state index in [2.05, 4.69) is 5.32 Å². The van der Waals surface area contributed by atoms with E-state index in [0.717, 1.165) is 12.8 Å². The first kappa shape index (κ1) is 8.98. The molecule has 1 N–H and O–H groups in total. The smallest absolute Gasteiger partial charge is 0.115 e. The van der Waals surface area contributed by atoms with Gasteiger partial charge < -0.3 is 5.32 Å². The molecule has 1 rings (SSSR count). The van der Waals surface area contributed by atoms with Crippen LogP contribution < -0.4 is 5.32 Å². The highest BCUT2D eigenvalue weighted by molar-refractivity contribution is 4.74. The van der Waals surface area contributed by atoms with Gasteiger partial charge in [0.25, 0.3) is 0 Å². The summed E-state index contributed by atoms with van der Waals surface area (Å²) in [5, 5.41) is 2.89. The summed E-state index contributed by atoms with van der Waals surface area (Å²) >= 11 is 0. The van der Waals surface area contributed by atoms with Crippen molar-refractivity contribution < 1.29 is 4.39 Å². The van der Waals surface area contributed by atoms with Crippen molar-refractivity contribution >= 4 is 0 Å². The molecule has 1 saturated carbocycles. The molecule has 0 bridgehead atoms. The molecule has 0 amide bonds. The molecule has 1 fully saturated rings. The molecule has 66 valence electrons. The zero-order chi connectivity index (χ0) is 8.10. The molecule has 1 unspecified atom stereocenters. The highest BCUT2D eigenvalue weighted by Crippen LogP contribution is 2.27. The minimum atomic E-state index is -0.611. The number of hydrogen-bond acceptors (Lipinski definition) is 1. The maximum Gasteiger partial charge on any atom is 0.115 e. The molecule has 0 saturated heterocycles. The standard InChI is InChI=1S/C9H18FN/c1-11-7-9(10)8-5-3-2-4-6-8/h8-9,11H,2-7H2,1H3. The lowest BCUT2D eigenvalue weighted by Crippen LogP contribution is -2.28. The van der Waals surface area contributed by atoms with E-state index < -0.39 is 6.17 Å². The van der Waals surface area contributed by atoms with Crippen LogP contribution in [0, 0.1) is 5.92 Å². The second-order valence-corrected chi connectivity index (χ2v) is 3.47. The number of hydrogen-bond donors (Lipinski definition) is 1. The monoisotopic (exact) mass is 159 g/mol. The second kappa shape index (κ2) is 4.70. The number of rotatable bonds is 3. The minimum absolute atomic E-state index is 0.344. The third kappa shape index (κ3) is 2.78. The van der Waals surface area contributed by atoms with E-state index in [0.29, 0.717) is 12.5 Å². The maximum atomic E-state index is 13.2. The molecule has 1 aliphatic rings. The quantitative estimate of drug-likeness (QED) is 0.665. The molecule has 0 spiro atoms. The Morgan fingerprint density at radius 1 is 1.36 bits per heavy atom. The lowest BCUT2D eigenvalue weighted by molar-refractivity contribution is 0.179. The Bertz CT molecular complexity index is 99.7. The van der Waals surface area contributed by atoms with Crippen LogP contribution in [-0.4, -0.2) is 19.8 Å². The van der Waals surface area contributed by atoms with Crippen molar-refractivity contribution in [3.8, 4) is 0 Å². The Hall–Kier alpha value is -0.110. The summed E-state index contributed by atoms with van der Waals surface area (Å²) in [6.07, 6.45) is 5.36. The second-order valence-electron chi connectivity index (χ2n) is 3.47. The van der Waals surface area contributed by atoms with Crippen molar-refractivity contribution in [2.45, 2.75) is 38.3 Å². The van der Waals surface area contributed by atoms with Gasteiger partial charge in [0, 0.05) is 6.54 Å². The molecule has 0 aromatic carbocycles. The Balaban J connectivity index is 2.21. The molecule has 1 atom stereocenters. The normalized spacial score (nSPS) is 23.5. The Kier molecular flexibility index (Phi) is 3.84. The summed E-state index contributed by atoms with van der Waals surface area (Å²) in [4.78, 5) is 0. The number of nitrogens with one attached hydrogen (secondary N) is 1. The zero-order valence-corrected chi connectivity index (χ0v) is 7.28. The summed E-state index contributed by atoms with van der Waals surface area (Å²) in [5.74, 6) is 0.344. The molecule has 1 aliphatic carbocycles. The third-order valence-electron chi connectivity index (χ3n) is 2.56. The van der Waals surface area contributed by atoms with Gasteiger partial charge in [-0.2, -0.15) is 0 Å². The summed E-state index contributed by atoms with van der Waals surface area (Å²) in [6.45, 7) is 0.532. The molecule has 1 nitrogen and oxygen atoms in total. The van der Waals surface area contributed by atoms with E-state index >= 15 is 0 Å². The van der Waals surface area contributed by atoms with Gasteiger partial charge in [-0.25, -0.2) is 4.39 Å². The lowest BCUT2D eigenvalue weighted by atomic mass is 9.86. The van der Waals surface area contributed by atoms with Crippen molar-refractivity contribution in [1.82, 2.24) is 5.32 Å². The van der Waals surface area contributed by atoms with E-state index in [1.807, 2.05) is 7.05 Å². The molecular formula is C9H18FN. The first-order valence-electron chi connectivity index (χ1n) is 4.63. The highest BCUT2D eigenvalue weighted by Gasteiger charge is 2.21. The highest BCUT2D eigenvalue weighted by atomic mass is 19.1. The van der Waals surface area contributed by atoms with Crippen LogP contribution in [0.5, 0.6) is 0 Å². The first-order chi connectivity index (χ1) is 5.34. The number of halogens is 1. The van der Waals surface area contributed by atoms with Gasteiger partial charge in [0.05, 0.1) is 0 Å². The van der Waals surface area contributed by atoms with Gasteiger partial charge in [0.1, 0.15) is 6.17 Å². The molecule has 0 aliphatic heterocycles. The average Bonchev–Trinajstić information content (AvgIpc) is 2.07.